The third-order valence-electron chi connectivity index (χ3n) is 5.31. The Morgan fingerprint density at radius 1 is 1.00 bits per heavy atom. The first-order valence-corrected chi connectivity index (χ1v) is 10.1. The van der Waals surface area contributed by atoms with Crippen LogP contribution in [-0.2, 0) is 9.47 Å². The van der Waals surface area contributed by atoms with Gasteiger partial charge in [-0.3, -0.25) is 0 Å². The van der Waals surface area contributed by atoms with Crippen molar-refractivity contribution in [2.75, 3.05) is 13.4 Å². The third-order valence-corrected chi connectivity index (χ3v) is 5.31. The first-order valence-electron chi connectivity index (χ1n) is 10.1. The highest BCUT2D eigenvalue weighted by Crippen LogP contribution is 2.39. The maximum atomic E-state index is 9.87. The van der Waals surface area contributed by atoms with Crippen LogP contribution in [0.25, 0.3) is 0 Å². The van der Waals surface area contributed by atoms with E-state index >= 15 is 0 Å². The smallest absolute Gasteiger partial charge is 0.190 e. The lowest BCUT2D eigenvalue weighted by atomic mass is 9.94. The average Bonchev–Trinajstić information content (AvgIpc) is 2.73. The highest BCUT2D eigenvalue weighted by Gasteiger charge is 2.30. The minimum atomic E-state index is -1.84. The van der Waals surface area contributed by atoms with Gasteiger partial charge < -0.3 is 34.6 Å². The third kappa shape index (κ3) is 5.00. The van der Waals surface area contributed by atoms with Gasteiger partial charge in [0.1, 0.15) is 24.1 Å². The molecule has 0 fully saturated rings. The predicted octanol–water partition coefficient (Wildman–Crippen LogP) is 2.38. The fourth-order valence-corrected chi connectivity index (χ4v) is 3.49. The largest absolute Gasteiger partial charge is 0.467 e. The van der Waals surface area contributed by atoms with Crippen molar-refractivity contribution in [3.8, 4) is 5.75 Å². The van der Waals surface area contributed by atoms with E-state index in [9.17, 15) is 20.4 Å². The summed E-state index contributed by atoms with van der Waals surface area (Å²) in [5.74, 6) is 1.06. The summed E-state index contributed by atoms with van der Waals surface area (Å²) >= 11 is 0. The lowest BCUT2D eigenvalue weighted by Gasteiger charge is -2.30. The molecule has 2 aromatic carbocycles. The molecular weight excluding hydrogens is 388 g/mol. The zero-order valence-electron chi connectivity index (χ0n) is 17.4. The quantitative estimate of drug-likeness (QED) is 0.488. The molecule has 164 valence electrons. The van der Waals surface area contributed by atoms with E-state index in [2.05, 4.69) is 26.0 Å². The lowest BCUT2D eigenvalue weighted by molar-refractivity contribution is -0.188. The highest BCUT2D eigenvalue weighted by atomic mass is 16.7. The Morgan fingerprint density at radius 3 is 2.23 bits per heavy atom. The molecule has 1 aliphatic rings. The van der Waals surface area contributed by atoms with Gasteiger partial charge in [0.05, 0.1) is 12.7 Å². The van der Waals surface area contributed by atoms with E-state index in [0.717, 1.165) is 11.1 Å². The molecule has 1 aliphatic heterocycles. The Morgan fingerprint density at radius 2 is 1.67 bits per heavy atom. The van der Waals surface area contributed by atoms with Crippen molar-refractivity contribution < 1.29 is 34.6 Å². The van der Waals surface area contributed by atoms with E-state index in [1.54, 1.807) is 18.2 Å². The number of benzene rings is 2. The number of aliphatic hydroxyl groups excluding tert-OH is 3. The van der Waals surface area contributed by atoms with Gasteiger partial charge in [-0.2, -0.15) is 0 Å². The van der Waals surface area contributed by atoms with Gasteiger partial charge in [0.25, 0.3) is 0 Å². The van der Waals surface area contributed by atoms with Crippen LogP contribution < -0.4 is 4.74 Å². The molecule has 3 rings (SSSR count). The maximum Gasteiger partial charge on any atom is 0.190 e. The molecule has 0 radical (unpaired) electrons. The molecule has 4 unspecified atom stereocenters. The number of fused-ring (bicyclic) bond motifs is 1. The zero-order chi connectivity index (χ0) is 21.8. The van der Waals surface area contributed by atoms with Crippen molar-refractivity contribution in [3.63, 3.8) is 0 Å². The van der Waals surface area contributed by atoms with Crippen LogP contribution >= 0.6 is 0 Å². The van der Waals surface area contributed by atoms with Crippen LogP contribution in [0.1, 0.15) is 61.2 Å². The highest BCUT2D eigenvalue weighted by molar-refractivity contribution is 5.45. The zero-order valence-corrected chi connectivity index (χ0v) is 17.4. The van der Waals surface area contributed by atoms with Gasteiger partial charge in [-0.15, -0.1) is 0 Å². The Labute approximate surface area is 176 Å². The number of hydrogen-bond donors (Lipinski definition) is 4. The molecule has 0 aliphatic carbocycles. The summed E-state index contributed by atoms with van der Waals surface area (Å²) < 4.78 is 17.1. The predicted molar refractivity (Wildman–Crippen MR) is 110 cm³/mol. The van der Waals surface area contributed by atoms with Gasteiger partial charge in [-0.05, 0) is 41.7 Å². The maximum absolute atomic E-state index is 9.87. The van der Waals surface area contributed by atoms with E-state index in [-0.39, 0.29) is 12.9 Å². The van der Waals surface area contributed by atoms with Crippen molar-refractivity contribution in [1.82, 2.24) is 0 Å². The molecule has 0 bridgehead atoms. The minimum absolute atomic E-state index is 0.111. The summed E-state index contributed by atoms with van der Waals surface area (Å²) in [5, 5.41) is 38.9. The number of hydrogen-bond acceptors (Lipinski definition) is 7. The first-order chi connectivity index (χ1) is 14.3. The Hall–Kier alpha value is -2.00. The molecule has 1 heterocycles. The second kappa shape index (κ2) is 9.87. The SMILES string of the molecule is CC(C)c1ccc(C2OCOc3ccc(C(OC(CO)C(C)O)C(O)O)cc32)cc1. The van der Waals surface area contributed by atoms with E-state index in [0.29, 0.717) is 17.2 Å². The second-order valence-electron chi connectivity index (χ2n) is 7.86. The monoisotopic (exact) mass is 418 g/mol. The van der Waals surface area contributed by atoms with Crippen LogP contribution in [0.2, 0.25) is 0 Å². The van der Waals surface area contributed by atoms with E-state index < -0.39 is 31.2 Å². The van der Waals surface area contributed by atoms with Crippen LogP contribution in [0.3, 0.4) is 0 Å². The van der Waals surface area contributed by atoms with E-state index in [4.69, 9.17) is 14.2 Å². The normalized spacial score (nSPS) is 19.3. The first kappa shape index (κ1) is 22.7. The van der Waals surface area contributed by atoms with Crippen molar-refractivity contribution in [2.24, 2.45) is 0 Å². The second-order valence-corrected chi connectivity index (χ2v) is 7.86. The van der Waals surface area contributed by atoms with Gasteiger partial charge in [0.15, 0.2) is 13.1 Å². The fourth-order valence-electron chi connectivity index (χ4n) is 3.49. The van der Waals surface area contributed by atoms with Crippen LogP contribution in [0.5, 0.6) is 5.75 Å². The topological polar surface area (TPSA) is 109 Å². The molecular formula is C23H30O7. The summed E-state index contributed by atoms with van der Waals surface area (Å²) in [5.41, 5.74) is 3.40. The summed E-state index contributed by atoms with van der Waals surface area (Å²) in [4.78, 5) is 0. The molecule has 7 nitrogen and oxygen atoms in total. The lowest BCUT2D eigenvalue weighted by Crippen LogP contribution is -2.35. The van der Waals surface area contributed by atoms with Crippen LogP contribution in [-0.4, -0.2) is 52.3 Å². The van der Waals surface area contributed by atoms with Gasteiger partial charge in [-0.1, -0.05) is 44.2 Å². The average molecular weight is 418 g/mol. The Bertz CT molecular complexity index is 817. The number of ether oxygens (including phenoxy) is 3. The van der Waals surface area contributed by atoms with E-state index in [1.165, 1.54) is 12.5 Å². The minimum Gasteiger partial charge on any atom is -0.467 e. The Kier molecular flexibility index (Phi) is 7.46. The van der Waals surface area contributed by atoms with Crippen LogP contribution in [0.15, 0.2) is 42.5 Å². The fraction of sp³-hybridized carbons (Fsp3) is 0.478. The number of aliphatic hydroxyl groups is 4. The van der Waals surface area contributed by atoms with Gasteiger partial charge in [0, 0.05) is 5.56 Å². The molecule has 0 saturated carbocycles. The van der Waals surface area contributed by atoms with Crippen molar-refractivity contribution in [3.05, 3.63) is 64.7 Å². The molecule has 0 saturated heterocycles. The molecule has 0 aromatic heterocycles. The summed E-state index contributed by atoms with van der Waals surface area (Å²) in [6.45, 7) is 5.39. The molecule has 4 atom stereocenters. The number of rotatable bonds is 8. The van der Waals surface area contributed by atoms with Gasteiger partial charge in [0.2, 0.25) is 0 Å². The van der Waals surface area contributed by atoms with Crippen molar-refractivity contribution in [2.45, 2.75) is 57.4 Å². The molecule has 0 spiro atoms. The van der Waals surface area contributed by atoms with Crippen LogP contribution in [0.4, 0.5) is 0 Å². The summed E-state index contributed by atoms with van der Waals surface area (Å²) in [7, 11) is 0. The molecule has 0 amide bonds. The van der Waals surface area contributed by atoms with Crippen molar-refractivity contribution in [1.29, 1.82) is 0 Å². The van der Waals surface area contributed by atoms with Crippen LogP contribution in [0, 0.1) is 0 Å². The molecule has 2 aromatic rings. The standard InChI is InChI=1S/C23H30O7/c1-13(2)15-4-6-16(7-5-15)21-18-10-17(8-9-19(18)28-12-29-21)22(23(26)27)30-20(11-24)14(3)25/h4-10,13-14,20-27H,11-12H2,1-3H3. The summed E-state index contributed by atoms with van der Waals surface area (Å²) in [6.07, 6.45) is -5.32. The van der Waals surface area contributed by atoms with E-state index in [1.807, 2.05) is 12.1 Å². The van der Waals surface area contributed by atoms with Gasteiger partial charge in [-0.25, -0.2) is 0 Å². The van der Waals surface area contributed by atoms with Crippen molar-refractivity contribution >= 4 is 0 Å². The van der Waals surface area contributed by atoms with Gasteiger partial charge >= 0.3 is 0 Å². The molecule has 7 heteroatoms. The molecule has 30 heavy (non-hydrogen) atoms. The molecule has 4 N–H and O–H groups in total. The Balaban J connectivity index is 1.94. The summed E-state index contributed by atoms with van der Waals surface area (Å²) in [6, 6.07) is 13.3.